The van der Waals surface area contributed by atoms with Crippen molar-refractivity contribution < 1.29 is 41.8 Å². The van der Waals surface area contributed by atoms with Crippen LogP contribution in [0.1, 0.15) is 91.6 Å². The number of alkyl halides is 3. The zero-order valence-electron chi connectivity index (χ0n) is 33.5. The van der Waals surface area contributed by atoms with Gasteiger partial charge in [-0.3, -0.25) is 14.5 Å². The summed E-state index contributed by atoms with van der Waals surface area (Å²) in [4.78, 5) is 38.4. The van der Waals surface area contributed by atoms with Crippen LogP contribution in [0.25, 0.3) is 28.1 Å². The van der Waals surface area contributed by atoms with Crippen LogP contribution in [0.15, 0.2) is 45.9 Å². The predicted octanol–water partition coefficient (Wildman–Crippen LogP) is 7.56. The van der Waals surface area contributed by atoms with Gasteiger partial charge in [0.2, 0.25) is 29.3 Å². The van der Waals surface area contributed by atoms with Crippen LogP contribution in [0, 0.1) is 23.2 Å². The number of fused-ring (bicyclic) bond motifs is 3. The number of hydrogen-bond donors (Lipinski definition) is 3. The molecule has 318 valence electrons. The number of benzene rings is 2. The van der Waals surface area contributed by atoms with E-state index in [9.17, 15) is 33.1 Å². The molecule has 1 saturated carbocycles. The second kappa shape index (κ2) is 16.1. The Balaban J connectivity index is 0.997. The molecule has 13 nitrogen and oxygen atoms in total. The number of aromatic nitrogens is 3. The van der Waals surface area contributed by atoms with E-state index in [0.717, 1.165) is 39.8 Å². The summed E-state index contributed by atoms with van der Waals surface area (Å²) in [6, 6.07) is 9.75. The van der Waals surface area contributed by atoms with Gasteiger partial charge >= 0.3 is 12.1 Å². The normalized spacial score (nSPS) is 23.9. The SMILES string of the molecule is COc1nc(O[C@H]2CCC3=C(c4cccc(-c5nc6cc7c(c(C#N)c6o5)CC[C@H]7N5CC[C@@H](C(=O)O)C5)c4Cl)C(C)CC=C32)c(C(F)(F)F)nc1CNC[C@H]1CCC(=O)N1. The van der Waals surface area contributed by atoms with E-state index in [1.807, 2.05) is 30.3 Å². The number of halogens is 4. The first kappa shape index (κ1) is 40.9. The maximum atomic E-state index is 14.5. The van der Waals surface area contributed by atoms with Gasteiger partial charge < -0.3 is 29.6 Å². The molecule has 0 radical (unpaired) electrons. The summed E-state index contributed by atoms with van der Waals surface area (Å²) in [6.07, 6.45) is 0.977. The molecule has 2 aromatic heterocycles. The second-order valence-corrected chi connectivity index (χ2v) is 16.8. The van der Waals surface area contributed by atoms with Crippen LogP contribution in [0.4, 0.5) is 13.2 Å². The number of carboxylic acid groups (broad SMARTS) is 1. The number of nitrogens with zero attached hydrogens (tertiary/aromatic N) is 5. The summed E-state index contributed by atoms with van der Waals surface area (Å²) in [7, 11) is 1.31. The number of rotatable bonds is 11. The molecule has 4 aromatic rings. The minimum Gasteiger partial charge on any atom is -0.481 e. The van der Waals surface area contributed by atoms with Crippen molar-refractivity contribution in [3.63, 3.8) is 0 Å². The molecule has 2 saturated heterocycles. The van der Waals surface area contributed by atoms with Crippen LogP contribution in [0.2, 0.25) is 5.02 Å². The zero-order chi connectivity index (χ0) is 42.7. The van der Waals surface area contributed by atoms with E-state index in [2.05, 4.69) is 38.5 Å². The number of hydrogen-bond acceptors (Lipinski definition) is 11. The molecular formula is C44H43ClF3N7O6. The molecule has 3 N–H and O–H groups in total. The van der Waals surface area contributed by atoms with Crippen LogP contribution in [0.5, 0.6) is 11.8 Å². The number of aliphatic carboxylic acids is 1. The summed E-state index contributed by atoms with van der Waals surface area (Å²) >= 11 is 7.26. The third kappa shape index (κ3) is 7.50. The van der Waals surface area contributed by atoms with Crippen LogP contribution in [0.3, 0.4) is 0 Å². The monoisotopic (exact) mass is 857 g/mol. The third-order valence-corrected chi connectivity index (χ3v) is 13.1. The summed E-state index contributed by atoms with van der Waals surface area (Å²) in [6.45, 7) is 3.50. The first-order valence-corrected chi connectivity index (χ1v) is 21.0. The largest absolute Gasteiger partial charge is 0.481 e. The standard InChI is InChI=1S/C44H43ClF3N7O6/c1-21-6-8-25-26(10-12-34(25)60-42-39(44(46,47)48)52-32(41(54-42)59-2)19-50-18-23-7-13-35(56)51-23)36(21)27-4-3-5-28(37(27)45)40-53-31-16-29-24(30(17-49)38(31)61-40)9-11-33(29)55-15-14-22(20-55)43(57)58/h3-5,8,16,21-23,33-34,50H,6-7,9-15,18-20H2,1-2H3,(H,51,56)(H,57,58)/t21?,22-,23-,33-,34+/m1/s1. The lowest BCUT2D eigenvalue weighted by Crippen LogP contribution is -2.35. The Hall–Kier alpha value is -5.50. The van der Waals surface area contributed by atoms with Crippen molar-refractivity contribution in [1.82, 2.24) is 30.5 Å². The highest BCUT2D eigenvalue weighted by Gasteiger charge is 2.42. The maximum Gasteiger partial charge on any atom is 0.438 e. The number of oxazole rings is 1. The van der Waals surface area contributed by atoms with Gasteiger partial charge in [0.05, 0.1) is 23.6 Å². The first-order valence-electron chi connectivity index (χ1n) is 20.6. The molecule has 3 aliphatic carbocycles. The van der Waals surface area contributed by atoms with Gasteiger partial charge in [0, 0.05) is 38.1 Å². The van der Waals surface area contributed by atoms with Crippen LogP contribution < -0.4 is 20.1 Å². The molecule has 1 amide bonds. The number of carboxylic acids is 1. The molecule has 4 heterocycles. The molecule has 0 bridgehead atoms. The molecule has 9 rings (SSSR count). The highest BCUT2D eigenvalue weighted by molar-refractivity contribution is 6.35. The molecule has 61 heavy (non-hydrogen) atoms. The number of carbonyl (C=O) groups is 2. The molecular weight excluding hydrogens is 815 g/mol. The Labute approximate surface area is 354 Å². The summed E-state index contributed by atoms with van der Waals surface area (Å²) in [5.74, 6) is -1.77. The average molecular weight is 858 g/mol. The fourth-order valence-electron chi connectivity index (χ4n) is 9.82. The lowest BCUT2D eigenvalue weighted by Gasteiger charge is -2.27. The summed E-state index contributed by atoms with van der Waals surface area (Å²) < 4.78 is 61.5. The molecule has 5 aliphatic rings. The van der Waals surface area contributed by atoms with Gasteiger partial charge in [-0.1, -0.05) is 36.7 Å². The lowest BCUT2D eigenvalue weighted by atomic mass is 9.80. The number of likely N-dealkylation sites (tertiary alicyclic amines) is 1. The van der Waals surface area contributed by atoms with Crippen molar-refractivity contribution in [2.45, 2.75) is 89.2 Å². The van der Waals surface area contributed by atoms with Gasteiger partial charge in [-0.25, -0.2) is 9.97 Å². The number of nitriles is 1. The molecule has 0 spiro atoms. The fraction of sp³-hybridized carbons (Fsp3) is 0.455. The predicted molar refractivity (Wildman–Crippen MR) is 216 cm³/mol. The number of methoxy groups -OCH3 is 1. The molecule has 1 unspecified atom stereocenters. The Morgan fingerprint density at radius 2 is 1.95 bits per heavy atom. The van der Waals surface area contributed by atoms with Gasteiger partial charge in [0.25, 0.3) is 0 Å². The Kier molecular flexibility index (Phi) is 10.8. The minimum atomic E-state index is -4.87. The van der Waals surface area contributed by atoms with Crippen molar-refractivity contribution in [3.05, 3.63) is 80.2 Å². The number of allylic oxidation sites excluding steroid dienone is 2. The van der Waals surface area contributed by atoms with E-state index in [1.165, 1.54) is 7.11 Å². The van der Waals surface area contributed by atoms with Crippen LogP contribution in [-0.4, -0.2) is 75.7 Å². The van der Waals surface area contributed by atoms with E-state index in [1.54, 1.807) is 0 Å². The Morgan fingerprint density at radius 3 is 2.67 bits per heavy atom. The lowest BCUT2D eigenvalue weighted by molar-refractivity contribution is -0.143. The number of carbonyl (C=O) groups excluding carboxylic acids is 1. The highest BCUT2D eigenvalue weighted by Crippen LogP contribution is 2.50. The Bertz CT molecular complexity index is 2570. The van der Waals surface area contributed by atoms with E-state index < -0.39 is 35.7 Å². The Morgan fingerprint density at radius 1 is 1.13 bits per heavy atom. The highest BCUT2D eigenvalue weighted by atomic mass is 35.5. The molecule has 2 aromatic carbocycles. The van der Waals surface area contributed by atoms with Crippen molar-refractivity contribution in [1.29, 1.82) is 5.26 Å². The second-order valence-electron chi connectivity index (χ2n) is 16.4. The minimum absolute atomic E-state index is 0.0137. The van der Waals surface area contributed by atoms with Crippen LogP contribution >= 0.6 is 11.6 Å². The van der Waals surface area contributed by atoms with E-state index in [4.69, 9.17) is 30.5 Å². The van der Waals surface area contributed by atoms with Crippen molar-refractivity contribution in [2.24, 2.45) is 11.8 Å². The maximum absolute atomic E-state index is 14.5. The van der Waals surface area contributed by atoms with Gasteiger partial charge in [0.15, 0.2) is 5.58 Å². The fourth-order valence-corrected chi connectivity index (χ4v) is 10.1. The summed E-state index contributed by atoms with van der Waals surface area (Å²) in [5.41, 5.74) is 5.83. The number of nitrogens with one attached hydrogen (secondary N) is 2. The molecule has 17 heteroatoms. The van der Waals surface area contributed by atoms with Gasteiger partial charge in [-0.05, 0) is 103 Å². The topological polar surface area (TPSA) is 176 Å². The first-order chi connectivity index (χ1) is 29.3. The number of ether oxygens (including phenoxy) is 2. The van der Waals surface area contributed by atoms with Crippen molar-refractivity contribution in [3.8, 4) is 29.3 Å². The van der Waals surface area contributed by atoms with Gasteiger partial charge in [-0.15, -0.1) is 0 Å². The summed E-state index contributed by atoms with van der Waals surface area (Å²) in [5, 5.41) is 26.2. The van der Waals surface area contributed by atoms with E-state index >= 15 is 0 Å². The smallest absolute Gasteiger partial charge is 0.438 e. The van der Waals surface area contributed by atoms with E-state index in [0.29, 0.717) is 91.8 Å². The van der Waals surface area contributed by atoms with E-state index in [-0.39, 0.29) is 47.9 Å². The van der Waals surface area contributed by atoms with Gasteiger partial charge in [-0.2, -0.15) is 23.4 Å². The number of amides is 1. The van der Waals surface area contributed by atoms with Crippen molar-refractivity contribution >= 4 is 40.2 Å². The van der Waals surface area contributed by atoms with Gasteiger partial charge in [0.1, 0.15) is 28.9 Å². The molecule has 3 fully saturated rings. The van der Waals surface area contributed by atoms with Crippen LogP contribution in [-0.2, 0) is 28.7 Å². The average Bonchev–Trinajstić information content (AvgIpc) is 4.08. The van der Waals surface area contributed by atoms with Crippen molar-refractivity contribution in [2.75, 3.05) is 26.7 Å². The third-order valence-electron chi connectivity index (χ3n) is 12.7. The zero-order valence-corrected chi connectivity index (χ0v) is 34.3. The quantitative estimate of drug-likeness (QED) is 0.135. The molecule has 5 atom stereocenters. The molecule has 2 aliphatic heterocycles.